The van der Waals surface area contributed by atoms with E-state index in [4.69, 9.17) is 0 Å². The number of nitrogens with zero attached hydrogens (tertiary/aromatic N) is 1. The Labute approximate surface area is 114 Å². The van der Waals surface area contributed by atoms with Gasteiger partial charge in [0.25, 0.3) is 10.0 Å². The van der Waals surface area contributed by atoms with Gasteiger partial charge in [-0.25, -0.2) is 18.1 Å². The first-order chi connectivity index (χ1) is 9.08. The minimum atomic E-state index is -3.65. The number of para-hydroxylation sites is 1. The summed E-state index contributed by atoms with van der Waals surface area (Å²) in [6.45, 7) is 3.58. The third kappa shape index (κ3) is 2.80. The van der Waals surface area contributed by atoms with E-state index in [-0.39, 0.29) is 10.9 Å². The number of hydrogen-bond acceptors (Lipinski definition) is 5. The van der Waals surface area contributed by atoms with Crippen LogP contribution in [0.3, 0.4) is 0 Å². The third-order valence-electron chi connectivity index (χ3n) is 2.26. The zero-order chi connectivity index (χ0) is 13.9. The molecule has 2 aromatic rings. The van der Waals surface area contributed by atoms with Gasteiger partial charge in [0.1, 0.15) is 5.52 Å². The number of benzene rings is 1. The number of carbonyl (C=O) groups is 1. The standard InChI is InChI=1S/C11H11N3O3S2/c1-2-6-13-19(16,17)11-14-10-8(12-7-15)4-3-5-9(10)18-11/h2-5,7,13H,1,6H2,(H,12,15). The number of thiazole rings is 1. The smallest absolute Gasteiger partial charge is 0.268 e. The lowest BCUT2D eigenvalue weighted by Gasteiger charge is -1.99. The average Bonchev–Trinajstić information content (AvgIpc) is 2.83. The van der Waals surface area contributed by atoms with Crippen molar-refractivity contribution in [2.75, 3.05) is 11.9 Å². The van der Waals surface area contributed by atoms with E-state index in [1.807, 2.05) is 0 Å². The van der Waals surface area contributed by atoms with Gasteiger partial charge in [-0.1, -0.05) is 12.1 Å². The second kappa shape index (κ2) is 5.47. The normalized spacial score (nSPS) is 11.4. The number of rotatable bonds is 6. The van der Waals surface area contributed by atoms with E-state index in [0.29, 0.717) is 22.3 Å². The molecule has 0 fully saturated rings. The van der Waals surface area contributed by atoms with E-state index >= 15 is 0 Å². The van der Waals surface area contributed by atoms with Gasteiger partial charge < -0.3 is 5.32 Å². The van der Waals surface area contributed by atoms with Crippen LogP contribution in [0, 0.1) is 0 Å². The van der Waals surface area contributed by atoms with Crippen LogP contribution < -0.4 is 10.0 Å². The summed E-state index contributed by atoms with van der Waals surface area (Å²) in [5.74, 6) is 0. The first kappa shape index (κ1) is 13.7. The summed E-state index contributed by atoms with van der Waals surface area (Å²) in [4.78, 5) is 14.6. The maximum Gasteiger partial charge on any atom is 0.268 e. The lowest BCUT2D eigenvalue weighted by atomic mass is 10.3. The molecule has 1 aromatic carbocycles. The lowest BCUT2D eigenvalue weighted by molar-refractivity contribution is -0.105. The fourth-order valence-corrected chi connectivity index (χ4v) is 3.73. The van der Waals surface area contributed by atoms with Crippen molar-refractivity contribution in [3.63, 3.8) is 0 Å². The minimum Gasteiger partial charge on any atom is -0.327 e. The van der Waals surface area contributed by atoms with Gasteiger partial charge in [-0.15, -0.1) is 17.9 Å². The highest BCUT2D eigenvalue weighted by atomic mass is 32.2. The van der Waals surface area contributed by atoms with Crippen molar-refractivity contribution in [2.24, 2.45) is 0 Å². The lowest BCUT2D eigenvalue weighted by Crippen LogP contribution is -2.23. The van der Waals surface area contributed by atoms with E-state index in [1.165, 1.54) is 6.08 Å². The molecule has 6 nitrogen and oxygen atoms in total. The molecule has 100 valence electrons. The summed E-state index contributed by atoms with van der Waals surface area (Å²) in [5.41, 5.74) is 0.937. The summed E-state index contributed by atoms with van der Waals surface area (Å²) in [6.07, 6.45) is 1.97. The van der Waals surface area contributed by atoms with Gasteiger partial charge in [-0.05, 0) is 12.1 Å². The molecule has 8 heteroatoms. The van der Waals surface area contributed by atoms with Crippen molar-refractivity contribution in [1.29, 1.82) is 0 Å². The molecule has 0 saturated heterocycles. The summed E-state index contributed by atoms with van der Waals surface area (Å²) in [6, 6.07) is 5.12. The molecule has 0 saturated carbocycles. The van der Waals surface area contributed by atoms with Crippen LogP contribution in [0.1, 0.15) is 0 Å². The zero-order valence-electron chi connectivity index (χ0n) is 9.79. The number of nitrogens with one attached hydrogen (secondary N) is 2. The van der Waals surface area contributed by atoms with E-state index in [1.54, 1.807) is 18.2 Å². The Hall–Kier alpha value is -1.77. The molecule has 1 amide bonds. The van der Waals surface area contributed by atoms with Crippen LogP contribution in [0.25, 0.3) is 10.2 Å². The summed E-state index contributed by atoms with van der Waals surface area (Å²) in [5, 5.41) is 2.49. The van der Waals surface area contributed by atoms with Crippen molar-refractivity contribution in [2.45, 2.75) is 4.34 Å². The number of amides is 1. The Morgan fingerprint density at radius 3 is 2.89 bits per heavy atom. The van der Waals surface area contributed by atoms with Gasteiger partial charge in [-0.2, -0.15) is 0 Å². The number of aromatic nitrogens is 1. The van der Waals surface area contributed by atoms with Crippen LogP contribution in [0.4, 0.5) is 5.69 Å². The molecule has 2 rings (SSSR count). The molecule has 0 aliphatic carbocycles. The number of carbonyl (C=O) groups excluding carboxylic acids is 1. The van der Waals surface area contributed by atoms with Crippen LogP contribution in [-0.2, 0) is 14.8 Å². The molecule has 0 spiro atoms. The topological polar surface area (TPSA) is 88.2 Å². The third-order valence-corrected chi connectivity index (χ3v) is 5.08. The number of fused-ring (bicyclic) bond motifs is 1. The van der Waals surface area contributed by atoms with E-state index in [9.17, 15) is 13.2 Å². The van der Waals surface area contributed by atoms with Gasteiger partial charge in [0.05, 0.1) is 10.4 Å². The zero-order valence-corrected chi connectivity index (χ0v) is 11.4. The Bertz CT molecular complexity index is 722. The fourth-order valence-electron chi connectivity index (χ4n) is 1.45. The molecule has 0 aliphatic rings. The van der Waals surface area contributed by atoms with Crippen LogP contribution >= 0.6 is 11.3 Å². The Morgan fingerprint density at radius 2 is 2.21 bits per heavy atom. The molecule has 1 aromatic heterocycles. The van der Waals surface area contributed by atoms with Crippen molar-refractivity contribution < 1.29 is 13.2 Å². The van der Waals surface area contributed by atoms with Crippen molar-refractivity contribution in [3.8, 4) is 0 Å². The van der Waals surface area contributed by atoms with E-state index < -0.39 is 10.0 Å². The molecular weight excluding hydrogens is 286 g/mol. The molecular formula is C11H11N3O3S2. The largest absolute Gasteiger partial charge is 0.327 e. The van der Waals surface area contributed by atoms with Crippen LogP contribution in [0.5, 0.6) is 0 Å². The molecule has 0 bridgehead atoms. The van der Waals surface area contributed by atoms with Crippen LogP contribution in [0.2, 0.25) is 0 Å². The van der Waals surface area contributed by atoms with E-state index in [0.717, 1.165) is 11.3 Å². The fraction of sp³-hybridized carbons (Fsp3) is 0.0909. The maximum absolute atomic E-state index is 11.9. The Kier molecular flexibility index (Phi) is 3.93. The average molecular weight is 297 g/mol. The summed E-state index contributed by atoms with van der Waals surface area (Å²) in [7, 11) is -3.65. The van der Waals surface area contributed by atoms with Gasteiger partial charge >= 0.3 is 0 Å². The van der Waals surface area contributed by atoms with Gasteiger partial charge in [0, 0.05) is 6.54 Å². The van der Waals surface area contributed by atoms with Crippen molar-refractivity contribution in [1.82, 2.24) is 9.71 Å². The van der Waals surface area contributed by atoms with E-state index in [2.05, 4.69) is 21.6 Å². The maximum atomic E-state index is 11.9. The highest BCUT2D eigenvalue weighted by Gasteiger charge is 2.19. The second-order valence-electron chi connectivity index (χ2n) is 3.53. The van der Waals surface area contributed by atoms with Crippen LogP contribution in [0.15, 0.2) is 35.2 Å². The predicted molar refractivity (Wildman–Crippen MR) is 74.7 cm³/mol. The summed E-state index contributed by atoms with van der Waals surface area (Å²) < 4.78 is 26.9. The highest BCUT2D eigenvalue weighted by molar-refractivity contribution is 7.91. The highest BCUT2D eigenvalue weighted by Crippen LogP contribution is 2.30. The molecule has 0 unspecified atom stereocenters. The van der Waals surface area contributed by atoms with Gasteiger partial charge in [0.15, 0.2) is 0 Å². The number of anilines is 1. The predicted octanol–water partition coefficient (Wildman–Crippen LogP) is 1.33. The van der Waals surface area contributed by atoms with Crippen LogP contribution in [-0.4, -0.2) is 26.4 Å². The minimum absolute atomic E-state index is 0.0375. The van der Waals surface area contributed by atoms with Gasteiger partial charge in [-0.3, -0.25) is 4.79 Å². The molecule has 2 N–H and O–H groups in total. The molecule has 0 aliphatic heterocycles. The quantitative estimate of drug-likeness (QED) is 0.622. The van der Waals surface area contributed by atoms with Crippen molar-refractivity contribution >= 4 is 43.7 Å². The Morgan fingerprint density at radius 1 is 1.42 bits per heavy atom. The molecule has 1 heterocycles. The molecule has 0 atom stereocenters. The summed E-state index contributed by atoms with van der Waals surface area (Å²) >= 11 is 1.04. The van der Waals surface area contributed by atoms with Crippen molar-refractivity contribution in [3.05, 3.63) is 30.9 Å². The monoisotopic (exact) mass is 297 g/mol. The van der Waals surface area contributed by atoms with Gasteiger partial charge in [0.2, 0.25) is 10.7 Å². The second-order valence-corrected chi connectivity index (χ2v) is 6.51. The first-order valence-electron chi connectivity index (χ1n) is 5.29. The number of sulfonamides is 1. The molecule has 19 heavy (non-hydrogen) atoms. The Balaban J connectivity index is 2.49. The SMILES string of the molecule is C=CCNS(=O)(=O)c1nc2c(NC=O)cccc2s1. The molecule has 0 radical (unpaired) electrons. The number of hydrogen-bond donors (Lipinski definition) is 2. The first-order valence-corrected chi connectivity index (χ1v) is 7.59.